The van der Waals surface area contributed by atoms with E-state index < -0.39 is 23.9 Å². The number of carbonyl (C=O) groups excluding carboxylic acids is 2. The highest BCUT2D eigenvalue weighted by Gasteiger charge is 2.18. The molecular formula is C22H22N4O4S. The molecule has 0 bridgehead atoms. The molecule has 0 aliphatic carbocycles. The second kappa shape index (κ2) is 9.88. The van der Waals surface area contributed by atoms with Gasteiger partial charge in [0.2, 0.25) is 0 Å². The van der Waals surface area contributed by atoms with Crippen molar-refractivity contribution in [1.29, 1.82) is 0 Å². The molecule has 3 amide bonds. The van der Waals surface area contributed by atoms with Crippen molar-refractivity contribution < 1.29 is 19.5 Å². The van der Waals surface area contributed by atoms with Gasteiger partial charge in [-0.15, -0.1) is 11.3 Å². The van der Waals surface area contributed by atoms with Crippen molar-refractivity contribution in [1.82, 2.24) is 5.32 Å². The van der Waals surface area contributed by atoms with E-state index in [0.29, 0.717) is 18.0 Å². The second-order valence-electron chi connectivity index (χ2n) is 6.87. The third kappa shape index (κ3) is 5.91. The molecule has 160 valence electrons. The average Bonchev–Trinajstić information content (AvgIpc) is 3.15. The van der Waals surface area contributed by atoms with Crippen LogP contribution in [0.15, 0.2) is 60.7 Å². The van der Waals surface area contributed by atoms with E-state index in [2.05, 4.69) is 10.6 Å². The van der Waals surface area contributed by atoms with E-state index in [1.165, 1.54) is 11.3 Å². The van der Waals surface area contributed by atoms with Crippen LogP contribution in [0.25, 0.3) is 10.4 Å². The van der Waals surface area contributed by atoms with Crippen molar-refractivity contribution in [2.45, 2.75) is 19.0 Å². The van der Waals surface area contributed by atoms with Crippen molar-refractivity contribution in [3.63, 3.8) is 0 Å². The van der Waals surface area contributed by atoms with Gasteiger partial charge in [-0.2, -0.15) is 0 Å². The molecule has 31 heavy (non-hydrogen) atoms. The summed E-state index contributed by atoms with van der Waals surface area (Å²) in [6.07, 6.45) is 0.384. The maximum absolute atomic E-state index is 11.6. The Morgan fingerprint density at radius 1 is 0.968 bits per heavy atom. The number of nitrogens with two attached hydrogens (primary N) is 2. The summed E-state index contributed by atoms with van der Waals surface area (Å²) in [6, 6.07) is 17.0. The number of hydrogen-bond donors (Lipinski definition) is 5. The Bertz CT molecular complexity index is 1080. The van der Waals surface area contributed by atoms with Crippen LogP contribution in [-0.4, -0.2) is 29.1 Å². The summed E-state index contributed by atoms with van der Waals surface area (Å²) in [5, 5.41) is 15.3. The van der Waals surface area contributed by atoms with Crippen LogP contribution in [0.4, 0.5) is 9.80 Å². The lowest BCUT2D eigenvalue weighted by molar-refractivity contribution is -0.139. The summed E-state index contributed by atoms with van der Waals surface area (Å²) in [4.78, 5) is 35.1. The fourth-order valence-electron chi connectivity index (χ4n) is 3.05. The Balaban J connectivity index is 1.69. The number of thiophene rings is 1. The lowest BCUT2D eigenvalue weighted by Gasteiger charge is -2.15. The molecule has 9 heteroatoms. The number of carboxylic acid groups (broad SMARTS) is 1. The van der Waals surface area contributed by atoms with Gasteiger partial charge >= 0.3 is 12.0 Å². The van der Waals surface area contributed by atoms with E-state index in [1.54, 1.807) is 6.07 Å². The monoisotopic (exact) mass is 438 g/mol. The molecule has 1 heterocycles. The Morgan fingerprint density at radius 3 is 2.23 bits per heavy atom. The summed E-state index contributed by atoms with van der Waals surface area (Å²) in [7, 11) is 0. The van der Waals surface area contributed by atoms with Gasteiger partial charge < -0.3 is 21.9 Å². The number of carbonyl (C=O) groups is 3. The summed E-state index contributed by atoms with van der Waals surface area (Å²) in [5.41, 5.74) is 13.4. The number of carboxylic acids is 1. The van der Waals surface area contributed by atoms with Crippen LogP contribution in [0.2, 0.25) is 0 Å². The normalized spacial score (nSPS) is 11.6. The molecule has 0 radical (unpaired) electrons. The quantitative estimate of drug-likeness (QED) is 0.348. The zero-order valence-electron chi connectivity index (χ0n) is 16.5. The van der Waals surface area contributed by atoms with Crippen LogP contribution in [0, 0.1) is 0 Å². The standard InChI is InChI=1S/C22H22N4O4S/c23-19(27)16-11-18(31-20(16)26-22(24)30)15-8-6-14(7-9-15)12-25-17(21(28)29)10-13-4-2-1-3-5-13/h1-9,11,17,25H,10,12H2,(H2,23,27)(H,28,29)(H3,24,26,30)/t17-/m0/s1. The highest BCUT2D eigenvalue weighted by molar-refractivity contribution is 7.20. The number of benzene rings is 2. The van der Waals surface area contributed by atoms with Gasteiger partial charge in [-0.05, 0) is 29.2 Å². The third-order valence-electron chi connectivity index (χ3n) is 4.61. The highest BCUT2D eigenvalue weighted by Crippen LogP contribution is 2.35. The first-order valence-corrected chi connectivity index (χ1v) is 10.2. The molecule has 2 aromatic carbocycles. The van der Waals surface area contributed by atoms with Crippen molar-refractivity contribution in [2.75, 3.05) is 5.32 Å². The number of rotatable bonds is 9. The first-order valence-electron chi connectivity index (χ1n) is 9.43. The molecule has 7 N–H and O–H groups in total. The van der Waals surface area contributed by atoms with E-state index in [-0.39, 0.29) is 5.56 Å². The number of primary amides is 2. The maximum atomic E-state index is 11.6. The van der Waals surface area contributed by atoms with Crippen LogP contribution in [-0.2, 0) is 17.8 Å². The smallest absolute Gasteiger partial charge is 0.321 e. The largest absolute Gasteiger partial charge is 0.480 e. The minimum atomic E-state index is -0.910. The number of hydrogen-bond acceptors (Lipinski definition) is 5. The Morgan fingerprint density at radius 2 is 1.65 bits per heavy atom. The SMILES string of the molecule is NC(=O)Nc1sc(-c2ccc(CN[C@@H](Cc3ccccc3)C(=O)O)cc2)cc1C(N)=O. The number of aliphatic carboxylic acids is 1. The fraction of sp³-hybridized carbons (Fsp3) is 0.136. The molecule has 3 aromatic rings. The van der Waals surface area contributed by atoms with Crippen LogP contribution >= 0.6 is 11.3 Å². The van der Waals surface area contributed by atoms with E-state index in [1.807, 2.05) is 54.6 Å². The predicted molar refractivity (Wildman–Crippen MR) is 120 cm³/mol. The average molecular weight is 439 g/mol. The van der Waals surface area contributed by atoms with Gasteiger partial charge in [0.25, 0.3) is 5.91 Å². The lowest BCUT2D eigenvalue weighted by Crippen LogP contribution is -2.38. The van der Waals surface area contributed by atoms with Gasteiger partial charge in [-0.3, -0.25) is 14.9 Å². The van der Waals surface area contributed by atoms with Crippen molar-refractivity contribution in [3.05, 3.63) is 77.4 Å². The van der Waals surface area contributed by atoms with E-state index >= 15 is 0 Å². The van der Waals surface area contributed by atoms with Crippen molar-refractivity contribution >= 4 is 34.2 Å². The van der Waals surface area contributed by atoms with Gasteiger partial charge in [0.1, 0.15) is 11.0 Å². The summed E-state index contributed by atoms with van der Waals surface area (Å²) in [6.45, 7) is 0.384. The first kappa shape index (κ1) is 22.0. The predicted octanol–water partition coefficient (Wildman–Crippen LogP) is 2.79. The number of anilines is 1. The van der Waals surface area contributed by atoms with Crippen LogP contribution in [0.5, 0.6) is 0 Å². The van der Waals surface area contributed by atoms with E-state index in [0.717, 1.165) is 21.6 Å². The molecule has 3 rings (SSSR count). The molecule has 0 saturated carbocycles. The number of nitrogens with one attached hydrogen (secondary N) is 2. The first-order chi connectivity index (χ1) is 14.8. The molecule has 0 spiro atoms. The molecule has 0 aliphatic heterocycles. The summed E-state index contributed by atoms with van der Waals surface area (Å²) < 4.78 is 0. The molecule has 0 saturated heterocycles. The second-order valence-corrected chi connectivity index (χ2v) is 7.92. The van der Waals surface area contributed by atoms with Gasteiger partial charge in [-0.25, -0.2) is 4.79 Å². The lowest BCUT2D eigenvalue weighted by atomic mass is 10.1. The van der Waals surface area contributed by atoms with E-state index in [4.69, 9.17) is 11.5 Å². The summed E-state index contributed by atoms with van der Waals surface area (Å²) >= 11 is 1.19. The molecule has 1 aromatic heterocycles. The minimum Gasteiger partial charge on any atom is -0.480 e. The molecular weight excluding hydrogens is 416 g/mol. The van der Waals surface area contributed by atoms with Gasteiger partial charge in [-0.1, -0.05) is 54.6 Å². The topological polar surface area (TPSA) is 148 Å². The van der Waals surface area contributed by atoms with Crippen molar-refractivity contribution in [2.24, 2.45) is 11.5 Å². The maximum Gasteiger partial charge on any atom is 0.321 e. The Kier molecular flexibility index (Phi) is 7.01. The molecule has 0 aliphatic rings. The molecule has 8 nitrogen and oxygen atoms in total. The van der Waals surface area contributed by atoms with Gasteiger partial charge in [0.15, 0.2) is 0 Å². The molecule has 0 unspecified atom stereocenters. The zero-order valence-corrected chi connectivity index (χ0v) is 17.3. The number of amides is 3. The van der Waals surface area contributed by atoms with Gasteiger partial charge in [0, 0.05) is 11.4 Å². The van der Waals surface area contributed by atoms with Crippen LogP contribution < -0.4 is 22.1 Å². The highest BCUT2D eigenvalue weighted by atomic mass is 32.1. The van der Waals surface area contributed by atoms with Crippen LogP contribution in [0.1, 0.15) is 21.5 Å². The molecule has 1 atom stereocenters. The molecule has 0 fully saturated rings. The minimum absolute atomic E-state index is 0.190. The number of urea groups is 1. The Labute approximate surface area is 182 Å². The fourth-order valence-corrected chi connectivity index (χ4v) is 4.12. The third-order valence-corrected chi connectivity index (χ3v) is 5.71. The van der Waals surface area contributed by atoms with Crippen LogP contribution in [0.3, 0.4) is 0 Å². The van der Waals surface area contributed by atoms with Gasteiger partial charge in [0.05, 0.1) is 5.56 Å². The Hall–Kier alpha value is -3.69. The van der Waals surface area contributed by atoms with E-state index in [9.17, 15) is 19.5 Å². The van der Waals surface area contributed by atoms with Crippen molar-refractivity contribution in [3.8, 4) is 10.4 Å². The zero-order chi connectivity index (χ0) is 22.4. The summed E-state index contributed by atoms with van der Waals surface area (Å²) in [5.74, 6) is -1.57.